The Balaban J connectivity index is 1.46. The van der Waals surface area contributed by atoms with Gasteiger partial charge in [-0.2, -0.15) is 15.0 Å². The number of esters is 1. The van der Waals surface area contributed by atoms with Crippen LogP contribution in [0.4, 0.5) is 17.1 Å². The quantitative estimate of drug-likeness (QED) is 0.365. The van der Waals surface area contributed by atoms with Crippen LogP contribution in [0.1, 0.15) is 6.92 Å². The van der Waals surface area contributed by atoms with Crippen LogP contribution in [0.5, 0.6) is 0 Å². The topological polar surface area (TPSA) is 126 Å². The van der Waals surface area contributed by atoms with Crippen LogP contribution in [0.2, 0.25) is 0 Å². The molecule has 1 amide bonds. The first-order valence-electron chi connectivity index (χ1n) is 9.94. The number of anilines is 1. The van der Waals surface area contributed by atoms with Crippen molar-refractivity contribution in [1.29, 1.82) is 0 Å². The number of carbonyl (C=O) groups excluding carboxylic acids is 2. The van der Waals surface area contributed by atoms with E-state index in [2.05, 4.69) is 20.3 Å². The average Bonchev–Trinajstić information content (AvgIpc) is 2.83. The summed E-state index contributed by atoms with van der Waals surface area (Å²) in [5.41, 5.74) is 1.80. The van der Waals surface area contributed by atoms with Crippen molar-refractivity contribution < 1.29 is 22.7 Å². The van der Waals surface area contributed by atoms with Gasteiger partial charge < -0.3 is 10.1 Å². The zero-order valence-electron chi connectivity index (χ0n) is 17.7. The Kier molecular flexibility index (Phi) is 8.01. The van der Waals surface area contributed by atoms with Gasteiger partial charge in [-0.05, 0) is 55.5 Å². The van der Waals surface area contributed by atoms with Gasteiger partial charge in [-0.3, -0.25) is 9.59 Å². The summed E-state index contributed by atoms with van der Waals surface area (Å²) in [4.78, 5) is 24.2. The molecule has 3 aromatic rings. The minimum Gasteiger partial charge on any atom is -0.454 e. The first-order chi connectivity index (χ1) is 15.8. The molecule has 1 atom stereocenters. The molecule has 10 heteroatoms. The van der Waals surface area contributed by atoms with Gasteiger partial charge in [0.25, 0.3) is 5.91 Å². The maximum Gasteiger partial charge on any atom is 0.324 e. The highest BCUT2D eigenvalue weighted by Gasteiger charge is 2.23. The molecule has 0 aliphatic heterocycles. The second kappa shape index (κ2) is 11.1. The Morgan fingerprint density at radius 1 is 0.848 bits per heavy atom. The number of benzene rings is 3. The molecule has 0 aromatic heterocycles. The van der Waals surface area contributed by atoms with Gasteiger partial charge in [0.15, 0.2) is 6.61 Å². The lowest BCUT2D eigenvalue weighted by Gasteiger charge is -2.13. The predicted molar refractivity (Wildman–Crippen MR) is 123 cm³/mol. The number of rotatable bonds is 9. The summed E-state index contributed by atoms with van der Waals surface area (Å²) in [5, 5.41) is 10.8. The number of sulfonamides is 1. The molecule has 170 valence electrons. The van der Waals surface area contributed by atoms with Crippen molar-refractivity contribution in [2.24, 2.45) is 10.2 Å². The fourth-order valence-corrected chi connectivity index (χ4v) is 3.84. The molecule has 0 saturated heterocycles. The molecule has 0 saturated carbocycles. The maximum absolute atomic E-state index is 12.3. The summed E-state index contributed by atoms with van der Waals surface area (Å²) < 4.78 is 31.7. The fraction of sp³-hybridized carbons (Fsp3) is 0.130. The largest absolute Gasteiger partial charge is 0.454 e. The highest BCUT2D eigenvalue weighted by atomic mass is 32.2. The number of nitrogens with one attached hydrogen (secondary N) is 2. The minimum atomic E-state index is -3.89. The molecule has 0 bridgehead atoms. The number of hydrogen-bond acceptors (Lipinski definition) is 7. The van der Waals surface area contributed by atoms with Gasteiger partial charge in [0, 0.05) is 5.69 Å². The Morgan fingerprint density at radius 2 is 1.39 bits per heavy atom. The number of nitrogens with zero attached hydrogens (tertiary/aromatic N) is 2. The van der Waals surface area contributed by atoms with E-state index in [-0.39, 0.29) is 4.90 Å². The third kappa shape index (κ3) is 7.34. The van der Waals surface area contributed by atoms with Crippen molar-refractivity contribution >= 4 is 39.0 Å². The molecule has 3 rings (SSSR count). The summed E-state index contributed by atoms with van der Waals surface area (Å²) >= 11 is 0. The van der Waals surface area contributed by atoms with E-state index in [1.165, 1.54) is 19.1 Å². The Hall–Kier alpha value is -3.89. The number of azo groups is 1. The summed E-state index contributed by atoms with van der Waals surface area (Å²) in [6, 6.07) is 22.3. The summed E-state index contributed by atoms with van der Waals surface area (Å²) in [6.45, 7) is 0.773. The van der Waals surface area contributed by atoms with Crippen LogP contribution in [0, 0.1) is 0 Å². The second-order valence-corrected chi connectivity index (χ2v) is 8.61. The zero-order valence-corrected chi connectivity index (χ0v) is 18.5. The van der Waals surface area contributed by atoms with E-state index in [0.717, 1.165) is 5.69 Å². The van der Waals surface area contributed by atoms with Crippen LogP contribution in [0.3, 0.4) is 0 Å². The smallest absolute Gasteiger partial charge is 0.324 e. The van der Waals surface area contributed by atoms with Gasteiger partial charge in [0.05, 0.1) is 16.3 Å². The third-order valence-electron chi connectivity index (χ3n) is 4.27. The Bertz CT molecular complexity index is 1210. The van der Waals surface area contributed by atoms with Crippen LogP contribution in [-0.2, 0) is 24.3 Å². The molecule has 0 spiro atoms. The second-order valence-electron chi connectivity index (χ2n) is 6.89. The summed E-state index contributed by atoms with van der Waals surface area (Å²) in [7, 11) is -3.89. The lowest BCUT2D eigenvalue weighted by molar-refractivity contribution is -0.148. The molecule has 1 unspecified atom stereocenters. The molecule has 9 nitrogen and oxygen atoms in total. The summed E-state index contributed by atoms with van der Waals surface area (Å²) in [5.74, 6) is -1.44. The summed E-state index contributed by atoms with van der Waals surface area (Å²) in [6.07, 6.45) is 0. The molecule has 2 N–H and O–H groups in total. The van der Waals surface area contributed by atoms with Crippen molar-refractivity contribution in [3.8, 4) is 0 Å². The molecule has 0 radical (unpaired) electrons. The number of ether oxygens (including phenoxy) is 1. The van der Waals surface area contributed by atoms with Gasteiger partial charge in [0.1, 0.15) is 6.04 Å². The molecule has 0 fully saturated rings. The van der Waals surface area contributed by atoms with Crippen LogP contribution in [0.25, 0.3) is 0 Å². The third-order valence-corrected chi connectivity index (χ3v) is 5.83. The standard InChI is InChI=1S/C23H22N4O5S/c1-17(27-33(30,31)21-10-6-3-7-11-21)23(29)32-16-22(28)24-18-12-14-20(15-13-18)26-25-19-8-4-2-5-9-19/h2-15,17,27H,16H2,1H3,(H,24,28). The van der Waals surface area contributed by atoms with Crippen molar-refractivity contribution in [3.05, 3.63) is 84.9 Å². The highest BCUT2D eigenvalue weighted by molar-refractivity contribution is 7.89. The number of hydrogen-bond donors (Lipinski definition) is 2. The van der Waals surface area contributed by atoms with Gasteiger partial charge in [-0.15, -0.1) is 0 Å². The van der Waals surface area contributed by atoms with Crippen LogP contribution < -0.4 is 10.0 Å². The maximum atomic E-state index is 12.3. The molecule has 0 aliphatic carbocycles. The molecule has 33 heavy (non-hydrogen) atoms. The Morgan fingerprint density at radius 3 is 2.00 bits per heavy atom. The molecule has 0 aliphatic rings. The SMILES string of the molecule is CC(NS(=O)(=O)c1ccccc1)C(=O)OCC(=O)Nc1ccc(N=Nc2ccccc2)cc1. The van der Waals surface area contributed by atoms with Gasteiger partial charge >= 0.3 is 5.97 Å². The molecule has 3 aromatic carbocycles. The predicted octanol–water partition coefficient (Wildman–Crippen LogP) is 3.95. The van der Waals surface area contributed by atoms with Crippen molar-refractivity contribution in [1.82, 2.24) is 4.72 Å². The van der Waals surface area contributed by atoms with E-state index in [0.29, 0.717) is 11.4 Å². The van der Waals surface area contributed by atoms with Crippen LogP contribution in [-0.4, -0.2) is 32.9 Å². The van der Waals surface area contributed by atoms with E-state index in [1.54, 1.807) is 42.5 Å². The lowest BCUT2D eigenvalue weighted by Crippen LogP contribution is -2.40. The first kappa shape index (κ1) is 23.8. The van der Waals surface area contributed by atoms with Crippen LogP contribution >= 0.6 is 0 Å². The fourth-order valence-electron chi connectivity index (χ4n) is 2.63. The Labute approximate surface area is 191 Å². The van der Waals surface area contributed by atoms with Gasteiger partial charge in [-0.25, -0.2) is 8.42 Å². The van der Waals surface area contributed by atoms with Crippen LogP contribution in [0.15, 0.2) is 100 Å². The molecule has 0 heterocycles. The normalized spacial score (nSPS) is 12.3. The average molecular weight is 467 g/mol. The zero-order chi connectivity index (χ0) is 23.7. The van der Waals surface area contributed by atoms with Gasteiger partial charge in [0.2, 0.25) is 10.0 Å². The van der Waals surface area contributed by atoms with Crippen molar-refractivity contribution in [2.75, 3.05) is 11.9 Å². The van der Waals surface area contributed by atoms with Crippen molar-refractivity contribution in [3.63, 3.8) is 0 Å². The minimum absolute atomic E-state index is 0.0224. The molecular formula is C23H22N4O5S. The van der Waals surface area contributed by atoms with E-state index in [4.69, 9.17) is 4.74 Å². The first-order valence-corrected chi connectivity index (χ1v) is 11.4. The number of carbonyl (C=O) groups is 2. The van der Waals surface area contributed by atoms with E-state index < -0.39 is 34.5 Å². The monoisotopic (exact) mass is 466 g/mol. The van der Waals surface area contributed by atoms with E-state index >= 15 is 0 Å². The van der Waals surface area contributed by atoms with E-state index in [1.807, 2.05) is 30.3 Å². The lowest BCUT2D eigenvalue weighted by atomic mass is 10.3. The molecular weight excluding hydrogens is 444 g/mol. The van der Waals surface area contributed by atoms with Gasteiger partial charge in [-0.1, -0.05) is 36.4 Å². The highest BCUT2D eigenvalue weighted by Crippen LogP contribution is 2.20. The van der Waals surface area contributed by atoms with E-state index in [9.17, 15) is 18.0 Å². The van der Waals surface area contributed by atoms with Crippen molar-refractivity contribution in [2.45, 2.75) is 17.9 Å². The number of amides is 1.